The zero-order valence-electron chi connectivity index (χ0n) is 21.0. The third kappa shape index (κ3) is 5.52. The van der Waals surface area contributed by atoms with Crippen LogP contribution in [0.4, 0.5) is 4.39 Å². The topological polar surface area (TPSA) is 87.8 Å². The van der Waals surface area contributed by atoms with Crippen molar-refractivity contribution in [3.8, 4) is 0 Å². The predicted molar refractivity (Wildman–Crippen MR) is 143 cm³/mol. The smallest absolute Gasteiger partial charge is 0.262 e. The quantitative estimate of drug-likeness (QED) is 0.407. The Labute approximate surface area is 221 Å². The minimum Gasteiger partial charge on any atom is -0.369 e. The largest absolute Gasteiger partial charge is 0.369 e. The molecule has 1 heterocycles. The van der Waals surface area contributed by atoms with E-state index in [-0.39, 0.29) is 52.7 Å². The SMILES string of the molecule is CC(C)CC1(c2ccccc2)N=C(N)N(Cc2ccc(Cl)c(C(=O)N[C@H](C)c3ccc(F)cc3)c2)C1=O. The molecule has 0 saturated carbocycles. The Balaban J connectivity index is 1.56. The van der Waals surface area contributed by atoms with Gasteiger partial charge in [0.25, 0.3) is 11.8 Å². The molecule has 6 nitrogen and oxygen atoms in total. The summed E-state index contributed by atoms with van der Waals surface area (Å²) in [5.41, 5.74) is 7.72. The molecule has 1 unspecified atom stereocenters. The average molecular weight is 521 g/mol. The molecule has 1 aliphatic rings. The average Bonchev–Trinajstić information content (AvgIpc) is 3.10. The van der Waals surface area contributed by atoms with E-state index in [1.807, 2.05) is 44.2 Å². The van der Waals surface area contributed by atoms with Gasteiger partial charge in [0.15, 0.2) is 11.5 Å². The van der Waals surface area contributed by atoms with E-state index < -0.39 is 5.54 Å². The van der Waals surface area contributed by atoms with E-state index in [1.165, 1.54) is 17.0 Å². The summed E-state index contributed by atoms with van der Waals surface area (Å²) >= 11 is 6.36. The standard InChI is InChI=1S/C29H30ClFN4O2/c1-18(2)16-29(22-7-5-4-6-8-22)27(37)35(28(32)34-29)17-20-9-14-25(30)24(15-20)26(36)33-19(3)21-10-12-23(31)13-11-21/h4-15,18-19H,16-17H2,1-3H3,(H2,32,34)(H,33,36)/t19-,29?/m1/s1. The molecule has 0 aromatic heterocycles. The molecule has 192 valence electrons. The predicted octanol–water partition coefficient (Wildman–Crippen LogP) is 5.57. The van der Waals surface area contributed by atoms with Crippen molar-refractivity contribution in [1.82, 2.24) is 10.2 Å². The monoisotopic (exact) mass is 520 g/mol. The zero-order valence-corrected chi connectivity index (χ0v) is 21.8. The van der Waals surface area contributed by atoms with Crippen LogP contribution in [0.5, 0.6) is 0 Å². The van der Waals surface area contributed by atoms with E-state index in [9.17, 15) is 14.0 Å². The fourth-order valence-electron chi connectivity index (χ4n) is 4.66. The summed E-state index contributed by atoms with van der Waals surface area (Å²) in [6.07, 6.45) is 0.516. The minimum atomic E-state index is -1.09. The van der Waals surface area contributed by atoms with Gasteiger partial charge >= 0.3 is 0 Å². The molecule has 0 fully saturated rings. The number of carbonyl (C=O) groups excluding carboxylic acids is 2. The molecule has 0 saturated heterocycles. The summed E-state index contributed by atoms with van der Waals surface area (Å²) in [7, 11) is 0. The van der Waals surface area contributed by atoms with E-state index in [0.717, 1.165) is 11.1 Å². The number of halogens is 2. The van der Waals surface area contributed by atoms with Crippen molar-refractivity contribution in [2.75, 3.05) is 0 Å². The van der Waals surface area contributed by atoms with Crippen molar-refractivity contribution in [3.05, 3.63) is 106 Å². The lowest BCUT2D eigenvalue weighted by molar-refractivity contribution is -0.132. The van der Waals surface area contributed by atoms with Crippen LogP contribution in [0.1, 0.15) is 60.3 Å². The van der Waals surface area contributed by atoms with Crippen LogP contribution in [-0.2, 0) is 16.9 Å². The van der Waals surface area contributed by atoms with Gasteiger partial charge in [-0.25, -0.2) is 9.38 Å². The van der Waals surface area contributed by atoms with E-state index in [0.29, 0.717) is 12.0 Å². The number of rotatable bonds is 8. The normalized spacial score (nSPS) is 18.2. The molecule has 8 heteroatoms. The van der Waals surface area contributed by atoms with Crippen LogP contribution in [0.2, 0.25) is 5.02 Å². The molecule has 3 aromatic rings. The summed E-state index contributed by atoms with van der Waals surface area (Å²) in [4.78, 5) is 33.0. The van der Waals surface area contributed by atoms with Gasteiger partial charge in [-0.2, -0.15) is 0 Å². The van der Waals surface area contributed by atoms with Gasteiger partial charge in [-0.1, -0.05) is 74.0 Å². The summed E-state index contributed by atoms with van der Waals surface area (Å²) in [6, 6.07) is 20.1. The number of guanidine groups is 1. The van der Waals surface area contributed by atoms with Gasteiger partial charge in [-0.3, -0.25) is 14.5 Å². The van der Waals surface area contributed by atoms with Crippen LogP contribution in [0.15, 0.2) is 77.8 Å². The van der Waals surface area contributed by atoms with Crippen LogP contribution >= 0.6 is 11.6 Å². The van der Waals surface area contributed by atoms with Gasteiger partial charge in [-0.15, -0.1) is 0 Å². The third-order valence-electron chi connectivity index (χ3n) is 6.47. The number of hydrogen-bond donors (Lipinski definition) is 2. The molecule has 37 heavy (non-hydrogen) atoms. The molecule has 2 atom stereocenters. The summed E-state index contributed by atoms with van der Waals surface area (Å²) in [6.45, 7) is 6.04. The minimum absolute atomic E-state index is 0.139. The number of nitrogens with zero attached hydrogens (tertiary/aromatic N) is 2. The van der Waals surface area contributed by atoms with E-state index >= 15 is 0 Å². The highest BCUT2D eigenvalue weighted by Gasteiger charge is 2.49. The first-order chi connectivity index (χ1) is 17.6. The van der Waals surface area contributed by atoms with Gasteiger partial charge in [0.05, 0.1) is 23.2 Å². The number of aliphatic imine (C=N–C) groups is 1. The second-order valence-electron chi connectivity index (χ2n) is 9.75. The Morgan fingerprint density at radius 2 is 1.76 bits per heavy atom. The zero-order chi connectivity index (χ0) is 26.7. The molecule has 2 amide bonds. The molecule has 1 aliphatic heterocycles. The third-order valence-corrected chi connectivity index (χ3v) is 6.80. The lowest BCUT2D eigenvalue weighted by Crippen LogP contribution is -2.43. The number of amides is 2. The maximum atomic E-state index is 13.8. The van der Waals surface area contributed by atoms with Crippen molar-refractivity contribution in [2.45, 2.75) is 45.3 Å². The van der Waals surface area contributed by atoms with Crippen molar-refractivity contribution in [2.24, 2.45) is 16.6 Å². The van der Waals surface area contributed by atoms with Crippen LogP contribution in [0.25, 0.3) is 0 Å². The first-order valence-corrected chi connectivity index (χ1v) is 12.6. The van der Waals surface area contributed by atoms with E-state index in [1.54, 1.807) is 37.3 Å². The highest BCUT2D eigenvalue weighted by atomic mass is 35.5. The maximum absolute atomic E-state index is 13.8. The molecule has 3 N–H and O–H groups in total. The number of benzene rings is 3. The van der Waals surface area contributed by atoms with Crippen LogP contribution in [0.3, 0.4) is 0 Å². The molecule has 3 aromatic carbocycles. The van der Waals surface area contributed by atoms with E-state index in [4.69, 9.17) is 17.3 Å². The molecular formula is C29H30ClFN4O2. The summed E-state index contributed by atoms with van der Waals surface area (Å²) in [5.74, 6) is -0.579. The Kier molecular flexibility index (Phi) is 7.64. The highest BCUT2D eigenvalue weighted by Crippen LogP contribution is 2.39. The fraction of sp³-hybridized carbons (Fsp3) is 0.276. The molecule has 0 radical (unpaired) electrons. The number of nitrogens with one attached hydrogen (secondary N) is 1. The van der Waals surface area contributed by atoms with Crippen LogP contribution in [0, 0.1) is 11.7 Å². The molecular weight excluding hydrogens is 491 g/mol. The molecule has 4 rings (SSSR count). The Morgan fingerprint density at radius 3 is 2.41 bits per heavy atom. The second kappa shape index (κ2) is 10.7. The second-order valence-corrected chi connectivity index (χ2v) is 10.2. The number of nitrogens with two attached hydrogens (primary N) is 1. The van der Waals surface area contributed by atoms with Crippen molar-refractivity contribution in [3.63, 3.8) is 0 Å². The first-order valence-electron chi connectivity index (χ1n) is 12.2. The van der Waals surface area contributed by atoms with Gasteiger partial charge in [0, 0.05) is 0 Å². The Hall–Kier alpha value is -3.71. The van der Waals surface area contributed by atoms with Gasteiger partial charge in [-0.05, 0) is 60.2 Å². The molecule has 0 aliphatic carbocycles. The lowest BCUT2D eigenvalue weighted by atomic mass is 9.82. The van der Waals surface area contributed by atoms with Gasteiger partial charge < -0.3 is 11.1 Å². The fourth-order valence-corrected chi connectivity index (χ4v) is 4.87. The first kappa shape index (κ1) is 26.4. The van der Waals surface area contributed by atoms with Gasteiger partial charge in [0.1, 0.15) is 5.82 Å². The van der Waals surface area contributed by atoms with Crippen molar-refractivity contribution < 1.29 is 14.0 Å². The van der Waals surface area contributed by atoms with Crippen LogP contribution < -0.4 is 11.1 Å². The van der Waals surface area contributed by atoms with Gasteiger partial charge in [0.2, 0.25) is 0 Å². The molecule has 0 spiro atoms. The van der Waals surface area contributed by atoms with Crippen molar-refractivity contribution >= 4 is 29.4 Å². The number of hydrogen-bond acceptors (Lipinski definition) is 4. The van der Waals surface area contributed by atoms with Crippen molar-refractivity contribution in [1.29, 1.82) is 0 Å². The maximum Gasteiger partial charge on any atom is 0.262 e. The summed E-state index contributed by atoms with van der Waals surface area (Å²) in [5, 5.41) is 3.17. The van der Waals surface area contributed by atoms with Crippen LogP contribution in [-0.4, -0.2) is 22.7 Å². The van der Waals surface area contributed by atoms with E-state index in [2.05, 4.69) is 10.3 Å². The summed E-state index contributed by atoms with van der Waals surface area (Å²) < 4.78 is 13.3. The Morgan fingerprint density at radius 1 is 1.08 bits per heavy atom. The number of carbonyl (C=O) groups is 2. The lowest BCUT2D eigenvalue weighted by Gasteiger charge is -2.28. The Bertz CT molecular complexity index is 1330. The molecule has 0 bridgehead atoms. The highest BCUT2D eigenvalue weighted by molar-refractivity contribution is 6.33.